The van der Waals surface area contributed by atoms with Gasteiger partial charge in [-0.3, -0.25) is 4.99 Å². The summed E-state index contributed by atoms with van der Waals surface area (Å²) in [6, 6.07) is 12.8. The van der Waals surface area contributed by atoms with E-state index in [0.29, 0.717) is 0 Å². The molecule has 0 saturated carbocycles. The number of aliphatic imine (C=N–C) groups is 1. The van der Waals surface area contributed by atoms with E-state index < -0.39 is 0 Å². The first kappa shape index (κ1) is 14.6. The predicted octanol–water partition coefficient (Wildman–Crippen LogP) is 4.37. The zero-order valence-electron chi connectivity index (χ0n) is 13.0. The highest BCUT2D eigenvalue weighted by atomic mass is 15.0. The molecule has 0 unspecified atom stereocenters. The van der Waals surface area contributed by atoms with Crippen molar-refractivity contribution in [2.75, 3.05) is 6.54 Å². The first-order valence-electron chi connectivity index (χ1n) is 7.54. The van der Waals surface area contributed by atoms with Crippen LogP contribution >= 0.6 is 0 Å². The third kappa shape index (κ3) is 2.69. The van der Waals surface area contributed by atoms with Gasteiger partial charge in [0.15, 0.2) is 0 Å². The van der Waals surface area contributed by atoms with Crippen LogP contribution in [0.2, 0.25) is 0 Å². The van der Waals surface area contributed by atoms with Crippen LogP contribution in [0.25, 0.3) is 0 Å². The number of hydrogen-bond donors (Lipinski definition) is 0. The molecule has 0 saturated heterocycles. The Morgan fingerprint density at radius 2 is 1.75 bits per heavy atom. The zero-order valence-corrected chi connectivity index (χ0v) is 13.0. The zero-order chi connectivity index (χ0) is 14.5. The Hall–Kier alpha value is -1.83. The van der Waals surface area contributed by atoms with Crippen LogP contribution in [0.3, 0.4) is 0 Å². The fourth-order valence-corrected chi connectivity index (χ4v) is 2.77. The monoisotopic (exact) mass is 268 g/mol. The lowest BCUT2D eigenvalue weighted by atomic mass is 10.0. The molecule has 1 aromatic carbocycles. The van der Waals surface area contributed by atoms with Crippen molar-refractivity contribution in [2.45, 2.75) is 40.7 Å². The lowest BCUT2D eigenvalue weighted by Gasteiger charge is -2.11. The van der Waals surface area contributed by atoms with Crippen molar-refractivity contribution in [1.82, 2.24) is 4.57 Å². The molecule has 0 fully saturated rings. The summed E-state index contributed by atoms with van der Waals surface area (Å²) in [7, 11) is 0. The lowest BCUT2D eigenvalue weighted by Crippen LogP contribution is -2.11. The second-order valence-corrected chi connectivity index (χ2v) is 4.92. The summed E-state index contributed by atoms with van der Waals surface area (Å²) in [5.41, 5.74) is 6.35. The van der Waals surface area contributed by atoms with Crippen LogP contribution in [-0.2, 0) is 6.54 Å². The van der Waals surface area contributed by atoms with Gasteiger partial charge < -0.3 is 4.57 Å². The maximum absolute atomic E-state index is 4.80. The van der Waals surface area contributed by atoms with E-state index >= 15 is 0 Å². The van der Waals surface area contributed by atoms with Crippen LogP contribution in [0.1, 0.15) is 42.8 Å². The molecule has 20 heavy (non-hydrogen) atoms. The van der Waals surface area contributed by atoms with Crippen molar-refractivity contribution in [3.05, 3.63) is 58.9 Å². The summed E-state index contributed by atoms with van der Waals surface area (Å²) in [5.74, 6) is 0. The number of rotatable bonds is 1. The van der Waals surface area contributed by atoms with E-state index in [2.05, 4.69) is 54.8 Å². The molecule has 2 heterocycles. The van der Waals surface area contributed by atoms with Crippen molar-refractivity contribution in [3.8, 4) is 0 Å². The molecular formula is C18H24N2. The van der Waals surface area contributed by atoms with Gasteiger partial charge in [0.2, 0.25) is 0 Å². The maximum atomic E-state index is 4.80. The first-order chi connectivity index (χ1) is 9.77. The van der Waals surface area contributed by atoms with E-state index in [4.69, 9.17) is 4.99 Å². The van der Waals surface area contributed by atoms with E-state index in [1.165, 1.54) is 22.5 Å². The van der Waals surface area contributed by atoms with Gasteiger partial charge in [0, 0.05) is 24.3 Å². The molecule has 1 aromatic heterocycles. The van der Waals surface area contributed by atoms with Crippen molar-refractivity contribution in [3.63, 3.8) is 0 Å². The minimum Gasteiger partial charge on any atom is -0.343 e. The summed E-state index contributed by atoms with van der Waals surface area (Å²) >= 11 is 0. The Bertz CT molecular complexity index is 591. The predicted molar refractivity (Wildman–Crippen MR) is 86.8 cm³/mol. The Balaban J connectivity index is 0.000000704. The van der Waals surface area contributed by atoms with E-state index in [9.17, 15) is 0 Å². The number of aryl methyl sites for hydroxylation is 2. The van der Waals surface area contributed by atoms with Gasteiger partial charge >= 0.3 is 0 Å². The van der Waals surface area contributed by atoms with Crippen LogP contribution in [0.4, 0.5) is 0 Å². The number of benzene rings is 1. The van der Waals surface area contributed by atoms with Gasteiger partial charge in [0.05, 0.1) is 11.4 Å². The van der Waals surface area contributed by atoms with E-state index in [1.54, 1.807) is 0 Å². The van der Waals surface area contributed by atoms with E-state index in [-0.39, 0.29) is 0 Å². The molecule has 1 aliphatic heterocycles. The Morgan fingerprint density at radius 3 is 2.45 bits per heavy atom. The second kappa shape index (κ2) is 6.56. The molecule has 1 aliphatic rings. The second-order valence-electron chi connectivity index (χ2n) is 4.92. The molecule has 2 heteroatoms. The summed E-state index contributed by atoms with van der Waals surface area (Å²) < 4.78 is 2.41. The Kier molecular flexibility index (Phi) is 4.78. The van der Waals surface area contributed by atoms with Gasteiger partial charge in [-0.2, -0.15) is 0 Å². The minimum atomic E-state index is 0.921. The van der Waals surface area contributed by atoms with E-state index in [1.807, 2.05) is 13.8 Å². The van der Waals surface area contributed by atoms with Crippen molar-refractivity contribution < 1.29 is 0 Å². The molecule has 0 atom stereocenters. The van der Waals surface area contributed by atoms with Crippen LogP contribution in [0, 0.1) is 13.8 Å². The number of nitrogens with zero attached hydrogens (tertiary/aromatic N) is 2. The van der Waals surface area contributed by atoms with Gasteiger partial charge in [0.25, 0.3) is 0 Å². The van der Waals surface area contributed by atoms with Crippen molar-refractivity contribution in [2.24, 2.45) is 4.99 Å². The van der Waals surface area contributed by atoms with Gasteiger partial charge in [-0.15, -0.1) is 0 Å². The summed E-state index contributed by atoms with van der Waals surface area (Å²) in [6.45, 7) is 10.4. The Morgan fingerprint density at radius 1 is 1.05 bits per heavy atom. The highest BCUT2D eigenvalue weighted by Crippen LogP contribution is 2.22. The normalized spacial score (nSPS) is 13.7. The van der Waals surface area contributed by atoms with E-state index in [0.717, 1.165) is 25.2 Å². The average molecular weight is 268 g/mol. The molecule has 0 spiro atoms. The molecule has 0 radical (unpaired) electrons. The molecule has 0 aliphatic carbocycles. The number of aromatic nitrogens is 1. The first-order valence-corrected chi connectivity index (χ1v) is 7.54. The third-order valence-corrected chi connectivity index (χ3v) is 3.58. The highest BCUT2D eigenvalue weighted by molar-refractivity contribution is 6.13. The summed E-state index contributed by atoms with van der Waals surface area (Å²) in [6.07, 6.45) is 1.12. The Labute approximate surface area is 122 Å². The fraction of sp³-hybridized carbons (Fsp3) is 0.389. The fourth-order valence-electron chi connectivity index (χ4n) is 2.77. The highest BCUT2D eigenvalue weighted by Gasteiger charge is 2.18. The third-order valence-electron chi connectivity index (χ3n) is 3.58. The molecule has 0 bridgehead atoms. The lowest BCUT2D eigenvalue weighted by molar-refractivity contribution is 0.648. The largest absolute Gasteiger partial charge is 0.343 e. The van der Waals surface area contributed by atoms with Gasteiger partial charge in [-0.05, 0) is 31.9 Å². The van der Waals surface area contributed by atoms with Crippen molar-refractivity contribution in [1.29, 1.82) is 0 Å². The smallest absolute Gasteiger partial charge is 0.0886 e. The molecule has 2 nitrogen and oxygen atoms in total. The molecular weight excluding hydrogens is 244 g/mol. The maximum Gasteiger partial charge on any atom is 0.0886 e. The summed E-state index contributed by atoms with van der Waals surface area (Å²) in [5, 5.41) is 0. The van der Waals surface area contributed by atoms with Gasteiger partial charge in [-0.25, -0.2) is 0 Å². The van der Waals surface area contributed by atoms with Gasteiger partial charge in [-0.1, -0.05) is 44.2 Å². The molecule has 0 N–H and O–H groups in total. The van der Waals surface area contributed by atoms with Crippen LogP contribution in [-0.4, -0.2) is 16.8 Å². The number of fused-ring (bicyclic) bond motifs is 1. The SMILES string of the molecule is CC.Cc1cc(C)n2c1C(c1ccccc1)=NCCC2. The quantitative estimate of drug-likeness (QED) is 0.730. The van der Waals surface area contributed by atoms with Crippen LogP contribution in [0.15, 0.2) is 41.4 Å². The topological polar surface area (TPSA) is 17.3 Å². The molecule has 0 amide bonds. The average Bonchev–Trinajstić information content (AvgIpc) is 2.69. The number of hydrogen-bond acceptors (Lipinski definition) is 1. The van der Waals surface area contributed by atoms with Gasteiger partial charge in [0.1, 0.15) is 0 Å². The standard InChI is InChI=1S/C16H18N2.C2H6/c1-12-11-13(2)18-10-6-9-17-15(16(12)18)14-7-4-3-5-8-14;1-2/h3-5,7-8,11H,6,9-10H2,1-2H3;1-2H3. The minimum absolute atomic E-state index is 0.921. The van der Waals surface area contributed by atoms with Crippen LogP contribution in [0.5, 0.6) is 0 Å². The molecule has 106 valence electrons. The molecule has 2 aromatic rings. The summed E-state index contributed by atoms with van der Waals surface area (Å²) in [4.78, 5) is 4.80. The molecule has 3 rings (SSSR count). The van der Waals surface area contributed by atoms with Crippen LogP contribution < -0.4 is 0 Å². The van der Waals surface area contributed by atoms with Crippen molar-refractivity contribution >= 4 is 5.71 Å².